The fraction of sp³-hybridized carbons (Fsp3) is 0.417. The molecule has 0 spiro atoms. The van der Waals surface area contributed by atoms with Gasteiger partial charge >= 0.3 is 5.97 Å². The van der Waals surface area contributed by atoms with Crippen LogP contribution in [0.4, 0.5) is 0 Å². The third-order valence-corrected chi connectivity index (χ3v) is 4.11. The molecule has 0 fully saturated rings. The van der Waals surface area contributed by atoms with Crippen molar-refractivity contribution in [3.8, 4) is 5.88 Å². The first-order chi connectivity index (χ1) is 9.75. The van der Waals surface area contributed by atoms with Gasteiger partial charge in [0.1, 0.15) is 6.04 Å². The fourth-order valence-electron chi connectivity index (χ4n) is 1.69. The molecule has 0 aromatic carbocycles. The van der Waals surface area contributed by atoms with Gasteiger partial charge in [-0.3, -0.25) is 4.79 Å². The average Bonchev–Trinajstić information content (AvgIpc) is 2.37. The molecule has 0 bridgehead atoms. The topological polar surface area (TPSA) is 123 Å². The first-order valence-electron chi connectivity index (χ1n) is 5.93. The summed E-state index contributed by atoms with van der Waals surface area (Å²) in [4.78, 5) is 25.7. The highest BCUT2D eigenvalue weighted by molar-refractivity contribution is 7.90. The van der Waals surface area contributed by atoms with E-state index >= 15 is 0 Å². The normalized spacial score (nSPS) is 12.5. The van der Waals surface area contributed by atoms with Gasteiger partial charge in [0, 0.05) is 18.7 Å². The number of carboxylic acid groups (broad SMARTS) is 1. The zero-order valence-electron chi connectivity index (χ0n) is 11.6. The molecule has 9 heteroatoms. The molecule has 21 heavy (non-hydrogen) atoms. The van der Waals surface area contributed by atoms with Crippen LogP contribution in [0.2, 0.25) is 0 Å². The molecule has 0 saturated carbocycles. The molecule has 0 radical (unpaired) electrons. The van der Waals surface area contributed by atoms with E-state index in [1.54, 1.807) is 6.07 Å². The number of carbonyl (C=O) groups excluding carboxylic acids is 1. The van der Waals surface area contributed by atoms with Crippen molar-refractivity contribution < 1.29 is 27.9 Å². The molecule has 1 heterocycles. The quantitative estimate of drug-likeness (QED) is 0.701. The van der Waals surface area contributed by atoms with Crippen LogP contribution in [0, 0.1) is 0 Å². The second-order valence-electron chi connectivity index (χ2n) is 4.32. The predicted octanol–water partition coefficient (Wildman–Crippen LogP) is -0.406. The van der Waals surface area contributed by atoms with E-state index in [-0.39, 0.29) is 5.88 Å². The van der Waals surface area contributed by atoms with Gasteiger partial charge in [0.25, 0.3) is 0 Å². The van der Waals surface area contributed by atoms with E-state index in [2.05, 4.69) is 10.3 Å². The largest absolute Gasteiger partial charge is 0.481 e. The summed E-state index contributed by atoms with van der Waals surface area (Å²) in [5.74, 6) is -3.00. The molecule has 2 N–H and O–H groups in total. The molecular weight excluding hydrogens is 300 g/mol. The predicted molar refractivity (Wildman–Crippen MR) is 73.5 cm³/mol. The second-order valence-corrected chi connectivity index (χ2v) is 6.43. The molecule has 0 aliphatic carbocycles. The Morgan fingerprint density at radius 3 is 2.67 bits per heavy atom. The van der Waals surface area contributed by atoms with Gasteiger partial charge in [0.2, 0.25) is 11.8 Å². The number of ether oxygens (including phenoxy) is 1. The molecular formula is C12H16N2O6S. The number of sulfone groups is 1. The molecule has 116 valence electrons. The lowest BCUT2D eigenvalue weighted by molar-refractivity contribution is -0.140. The van der Waals surface area contributed by atoms with Crippen LogP contribution in [-0.2, 0) is 25.2 Å². The van der Waals surface area contributed by atoms with Gasteiger partial charge in [-0.05, 0) is 6.07 Å². The highest BCUT2D eigenvalue weighted by atomic mass is 32.2. The van der Waals surface area contributed by atoms with E-state index in [0.29, 0.717) is 5.56 Å². The summed E-state index contributed by atoms with van der Waals surface area (Å²) in [5, 5.41) is 11.0. The number of nitrogens with zero attached hydrogens (tertiary/aromatic N) is 1. The molecule has 0 saturated heterocycles. The van der Waals surface area contributed by atoms with Gasteiger partial charge in [-0.1, -0.05) is 6.07 Å². The van der Waals surface area contributed by atoms with E-state index in [1.807, 2.05) is 0 Å². The van der Waals surface area contributed by atoms with Gasteiger partial charge in [-0.25, -0.2) is 18.2 Å². The van der Waals surface area contributed by atoms with Crippen molar-refractivity contribution >= 4 is 21.7 Å². The second kappa shape index (κ2) is 7.02. The maximum atomic E-state index is 12.1. The SMILES string of the molecule is COc1ncccc1CS(=O)(=O)CC(NC(C)=O)C(=O)O. The molecule has 1 rings (SSSR count). The van der Waals surface area contributed by atoms with Crippen molar-refractivity contribution in [1.29, 1.82) is 0 Å². The molecule has 1 amide bonds. The highest BCUT2D eigenvalue weighted by Gasteiger charge is 2.27. The number of nitrogens with one attached hydrogen (secondary N) is 1. The summed E-state index contributed by atoms with van der Waals surface area (Å²) in [5.41, 5.74) is 0.326. The van der Waals surface area contributed by atoms with E-state index in [1.165, 1.54) is 19.4 Å². The average molecular weight is 316 g/mol. The molecule has 0 aliphatic rings. The number of pyridine rings is 1. The minimum absolute atomic E-state index is 0.160. The Kier molecular flexibility index (Phi) is 5.65. The standard InChI is InChI=1S/C12H16N2O6S/c1-8(15)14-10(12(16)17)7-21(18,19)6-9-4-3-5-13-11(9)20-2/h3-5,10H,6-7H2,1-2H3,(H,14,15)(H,16,17). The molecule has 1 aromatic heterocycles. The lowest BCUT2D eigenvalue weighted by Crippen LogP contribution is -2.44. The highest BCUT2D eigenvalue weighted by Crippen LogP contribution is 2.17. The number of methoxy groups -OCH3 is 1. The van der Waals surface area contributed by atoms with Gasteiger partial charge in [0.15, 0.2) is 9.84 Å². The fourth-order valence-corrected chi connectivity index (χ4v) is 3.23. The van der Waals surface area contributed by atoms with Crippen LogP contribution >= 0.6 is 0 Å². The van der Waals surface area contributed by atoms with Crippen LogP contribution in [0.1, 0.15) is 12.5 Å². The monoisotopic (exact) mass is 316 g/mol. The number of hydrogen-bond donors (Lipinski definition) is 2. The van der Waals surface area contributed by atoms with Gasteiger partial charge in [-0.2, -0.15) is 0 Å². The zero-order chi connectivity index (χ0) is 16.0. The third kappa shape index (κ3) is 5.38. The third-order valence-electron chi connectivity index (χ3n) is 2.51. The maximum absolute atomic E-state index is 12.1. The number of aliphatic carboxylic acids is 1. The van der Waals surface area contributed by atoms with E-state index < -0.39 is 39.3 Å². The Morgan fingerprint density at radius 2 is 2.14 bits per heavy atom. The van der Waals surface area contributed by atoms with Crippen molar-refractivity contribution in [2.45, 2.75) is 18.7 Å². The summed E-state index contributed by atoms with van der Waals surface area (Å²) in [7, 11) is -2.42. The number of amides is 1. The van der Waals surface area contributed by atoms with Crippen molar-refractivity contribution in [2.24, 2.45) is 0 Å². The summed E-state index contributed by atoms with van der Waals surface area (Å²) in [6.07, 6.45) is 1.45. The molecule has 0 aliphatic heterocycles. The van der Waals surface area contributed by atoms with E-state index in [4.69, 9.17) is 9.84 Å². The zero-order valence-corrected chi connectivity index (χ0v) is 12.4. The van der Waals surface area contributed by atoms with Crippen LogP contribution in [0.25, 0.3) is 0 Å². The Morgan fingerprint density at radius 1 is 1.48 bits per heavy atom. The summed E-state index contributed by atoms with van der Waals surface area (Å²) < 4.78 is 29.1. The lowest BCUT2D eigenvalue weighted by atomic mass is 10.3. The van der Waals surface area contributed by atoms with Gasteiger partial charge in [-0.15, -0.1) is 0 Å². The Labute approximate surface area is 122 Å². The minimum atomic E-state index is -3.77. The van der Waals surface area contributed by atoms with Crippen LogP contribution in [-0.4, -0.2) is 49.3 Å². The lowest BCUT2D eigenvalue weighted by Gasteiger charge is -2.14. The van der Waals surface area contributed by atoms with Crippen molar-refractivity contribution in [2.75, 3.05) is 12.9 Å². The van der Waals surface area contributed by atoms with Crippen LogP contribution in [0.15, 0.2) is 18.3 Å². The van der Waals surface area contributed by atoms with Crippen molar-refractivity contribution in [1.82, 2.24) is 10.3 Å². The Balaban J connectivity index is 2.90. The summed E-state index contributed by atoms with van der Waals surface area (Å²) in [6.45, 7) is 1.12. The van der Waals surface area contributed by atoms with Crippen LogP contribution in [0.5, 0.6) is 5.88 Å². The van der Waals surface area contributed by atoms with Gasteiger partial charge in [0.05, 0.1) is 18.6 Å². The van der Waals surface area contributed by atoms with Gasteiger partial charge < -0.3 is 15.2 Å². The number of hydrogen-bond acceptors (Lipinski definition) is 6. The van der Waals surface area contributed by atoms with E-state index in [0.717, 1.165) is 6.92 Å². The molecule has 1 aromatic rings. The first kappa shape index (κ1) is 16.9. The number of carbonyl (C=O) groups is 2. The Bertz CT molecular complexity index is 628. The van der Waals surface area contributed by atoms with Crippen molar-refractivity contribution in [3.63, 3.8) is 0 Å². The first-order valence-corrected chi connectivity index (χ1v) is 7.75. The van der Waals surface area contributed by atoms with Crippen LogP contribution in [0.3, 0.4) is 0 Å². The number of rotatable bonds is 7. The van der Waals surface area contributed by atoms with Crippen LogP contribution < -0.4 is 10.1 Å². The maximum Gasteiger partial charge on any atom is 0.327 e. The number of aromatic nitrogens is 1. The minimum Gasteiger partial charge on any atom is -0.481 e. The molecule has 1 atom stereocenters. The smallest absolute Gasteiger partial charge is 0.327 e. The van der Waals surface area contributed by atoms with E-state index in [9.17, 15) is 18.0 Å². The molecule has 1 unspecified atom stereocenters. The Hall–Kier alpha value is -2.16. The number of carboxylic acids is 1. The van der Waals surface area contributed by atoms with Crippen molar-refractivity contribution in [3.05, 3.63) is 23.9 Å². The summed E-state index contributed by atoms with van der Waals surface area (Å²) >= 11 is 0. The molecule has 8 nitrogen and oxygen atoms in total. The summed E-state index contributed by atoms with van der Waals surface area (Å²) in [6, 6.07) is 1.59.